The van der Waals surface area contributed by atoms with Crippen LogP contribution in [0.1, 0.15) is 35.3 Å². The van der Waals surface area contributed by atoms with Gasteiger partial charge in [0, 0.05) is 19.6 Å². The van der Waals surface area contributed by atoms with Gasteiger partial charge in [-0.15, -0.1) is 11.3 Å². The van der Waals surface area contributed by atoms with E-state index in [4.69, 9.17) is 15.2 Å². The summed E-state index contributed by atoms with van der Waals surface area (Å²) in [4.78, 5) is 47.8. The third-order valence-corrected chi connectivity index (χ3v) is 6.83. The van der Waals surface area contributed by atoms with Crippen LogP contribution in [0, 0.1) is 5.92 Å². The Hall–Kier alpha value is -3.57. The summed E-state index contributed by atoms with van der Waals surface area (Å²) in [5.74, 6) is -2.24. The number of carbonyl (C=O) groups is 3. The number of benzene rings is 1. The molecule has 178 valence electrons. The first-order chi connectivity index (χ1) is 16.3. The fourth-order valence-electron chi connectivity index (χ4n) is 4.26. The molecule has 3 aromatic rings. The van der Waals surface area contributed by atoms with Gasteiger partial charge in [0.15, 0.2) is 0 Å². The molecule has 2 aromatic heterocycles. The number of piperidine rings is 1. The molecule has 1 fully saturated rings. The maximum Gasteiger partial charge on any atom is 0.313 e. The number of methoxy groups -OCH3 is 2. The van der Waals surface area contributed by atoms with E-state index in [2.05, 4.69) is 15.3 Å². The minimum atomic E-state index is -0.842. The Bertz CT molecular complexity index is 1250. The molecular formula is C23H25N5O5S. The van der Waals surface area contributed by atoms with E-state index in [1.807, 2.05) is 25.1 Å². The molecule has 4 rings (SSSR count). The molecular weight excluding hydrogens is 458 g/mol. The molecule has 3 N–H and O–H groups in total. The first kappa shape index (κ1) is 23.6. The van der Waals surface area contributed by atoms with E-state index < -0.39 is 17.7 Å². The summed E-state index contributed by atoms with van der Waals surface area (Å²) in [5.41, 5.74) is 9.02. The second-order valence-electron chi connectivity index (χ2n) is 8.14. The third kappa shape index (κ3) is 4.57. The molecule has 1 aliphatic rings. The monoisotopic (exact) mass is 483 g/mol. The van der Waals surface area contributed by atoms with Gasteiger partial charge in [0.1, 0.15) is 5.56 Å². The average Bonchev–Trinajstić information content (AvgIpc) is 3.31. The van der Waals surface area contributed by atoms with Gasteiger partial charge in [0.05, 0.1) is 46.9 Å². The third-order valence-electron chi connectivity index (χ3n) is 6.02. The van der Waals surface area contributed by atoms with E-state index in [-0.39, 0.29) is 35.2 Å². The number of fused-ring (bicyclic) bond motifs is 1. The molecule has 0 bridgehead atoms. The van der Waals surface area contributed by atoms with Crippen LogP contribution in [0.2, 0.25) is 0 Å². The molecule has 1 saturated heterocycles. The molecule has 0 saturated carbocycles. The predicted molar refractivity (Wildman–Crippen MR) is 127 cm³/mol. The number of carbonyl (C=O) groups excluding carboxylic acids is 3. The van der Waals surface area contributed by atoms with Crippen molar-refractivity contribution in [2.75, 3.05) is 26.1 Å². The number of aromatic nitrogens is 2. The number of likely N-dealkylation sites (tertiary alicyclic amines) is 1. The van der Waals surface area contributed by atoms with Crippen molar-refractivity contribution in [3.63, 3.8) is 0 Å². The van der Waals surface area contributed by atoms with E-state index in [1.165, 1.54) is 30.7 Å². The van der Waals surface area contributed by atoms with Crippen LogP contribution in [-0.4, -0.2) is 59.5 Å². The normalized spacial score (nSPS) is 20.2. The molecule has 34 heavy (non-hydrogen) atoms. The molecule has 1 unspecified atom stereocenters. The number of pyridine rings is 1. The van der Waals surface area contributed by atoms with Crippen LogP contribution in [0.15, 0.2) is 36.0 Å². The maximum atomic E-state index is 13.3. The number of nitrogens with two attached hydrogens (primary N) is 1. The number of hydrogen-bond donors (Lipinski definition) is 2. The quantitative estimate of drug-likeness (QED) is 0.532. The first-order valence-corrected chi connectivity index (χ1v) is 11.5. The van der Waals surface area contributed by atoms with Gasteiger partial charge in [-0.1, -0.05) is 13.0 Å². The maximum absolute atomic E-state index is 13.3. The fraction of sp³-hybridized carbons (Fsp3) is 0.348. The Labute approximate surface area is 200 Å². The molecule has 3 heterocycles. The summed E-state index contributed by atoms with van der Waals surface area (Å²) in [5, 5.41) is 2.53. The topological polar surface area (TPSA) is 137 Å². The lowest BCUT2D eigenvalue weighted by atomic mass is 9.87. The number of amides is 3. The Morgan fingerprint density at radius 1 is 1.21 bits per heavy atom. The molecule has 1 aromatic carbocycles. The number of hydrogen-bond acceptors (Lipinski definition) is 8. The summed E-state index contributed by atoms with van der Waals surface area (Å²) < 4.78 is 11.7. The van der Waals surface area contributed by atoms with E-state index in [0.29, 0.717) is 13.0 Å². The van der Waals surface area contributed by atoms with Gasteiger partial charge in [-0.25, -0.2) is 9.97 Å². The minimum absolute atomic E-state index is 0.00304. The fourth-order valence-corrected chi connectivity index (χ4v) is 4.92. The number of thiazole rings is 1. The van der Waals surface area contributed by atoms with Crippen molar-refractivity contribution in [2.45, 2.75) is 25.5 Å². The van der Waals surface area contributed by atoms with Crippen molar-refractivity contribution in [2.24, 2.45) is 11.7 Å². The highest BCUT2D eigenvalue weighted by atomic mass is 32.1. The van der Waals surface area contributed by atoms with Gasteiger partial charge in [-0.3, -0.25) is 14.4 Å². The van der Waals surface area contributed by atoms with Gasteiger partial charge in [0.25, 0.3) is 5.91 Å². The average molecular weight is 484 g/mol. The highest BCUT2D eigenvalue weighted by Gasteiger charge is 2.39. The number of ether oxygens (including phenoxy) is 2. The van der Waals surface area contributed by atoms with Crippen LogP contribution in [0.5, 0.6) is 5.88 Å². The Morgan fingerprint density at radius 2 is 2.00 bits per heavy atom. The molecule has 0 aliphatic carbocycles. The van der Waals surface area contributed by atoms with Crippen LogP contribution in [0.25, 0.3) is 10.2 Å². The standard InChI is InChI=1S/C23H25N5O5S/c1-12-10-28(17(8-18(12)32-2)13-4-5-19-16(6-13)26-11-34-19)23(31)21(30)27-14-7-15(20(24)29)22(33-3)25-9-14/h4-7,9,11-12,17-18H,8,10H2,1-3H3,(H2,24,29)(H,27,30)/t12-,17?,18+/m1/s1. The van der Waals surface area contributed by atoms with E-state index >= 15 is 0 Å². The summed E-state index contributed by atoms with van der Waals surface area (Å²) in [6.45, 7) is 2.33. The van der Waals surface area contributed by atoms with Crippen molar-refractivity contribution < 1.29 is 23.9 Å². The lowest BCUT2D eigenvalue weighted by molar-refractivity contribution is -0.149. The van der Waals surface area contributed by atoms with Crippen molar-refractivity contribution in [1.29, 1.82) is 0 Å². The van der Waals surface area contributed by atoms with Crippen LogP contribution in [0.3, 0.4) is 0 Å². The lowest BCUT2D eigenvalue weighted by Gasteiger charge is -2.42. The van der Waals surface area contributed by atoms with Crippen LogP contribution >= 0.6 is 11.3 Å². The van der Waals surface area contributed by atoms with Gasteiger partial charge >= 0.3 is 11.8 Å². The zero-order valence-electron chi connectivity index (χ0n) is 19.0. The van der Waals surface area contributed by atoms with Crippen molar-refractivity contribution in [1.82, 2.24) is 14.9 Å². The number of nitrogens with zero attached hydrogens (tertiary/aromatic N) is 3. The summed E-state index contributed by atoms with van der Waals surface area (Å²) in [6, 6.07) is 6.84. The molecule has 10 nitrogen and oxygen atoms in total. The SMILES string of the molecule is COc1ncc(NC(=O)C(=O)N2C[C@@H](C)[C@@H](OC)CC2c2ccc3scnc3c2)cc1C(N)=O. The summed E-state index contributed by atoms with van der Waals surface area (Å²) >= 11 is 1.54. The highest BCUT2D eigenvalue weighted by molar-refractivity contribution is 7.16. The van der Waals surface area contributed by atoms with Crippen LogP contribution < -0.4 is 15.8 Å². The van der Waals surface area contributed by atoms with Crippen molar-refractivity contribution in [3.8, 4) is 5.88 Å². The molecule has 0 radical (unpaired) electrons. The number of primary amides is 1. The van der Waals surface area contributed by atoms with E-state index in [9.17, 15) is 14.4 Å². The summed E-state index contributed by atoms with van der Waals surface area (Å²) in [7, 11) is 3.00. The van der Waals surface area contributed by atoms with Crippen LogP contribution in [-0.2, 0) is 14.3 Å². The predicted octanol–water partition coefficient (Wildman–Crippen LogP) is 2.36. The smallest absolute Gasteiger partial charge is 0.313 e. The number of nitrogens with one attached hydrogen (secondary N) is 1. The van der Waals surface area contributed by atoms with Gasteiger partial charge in [0.2, 0.25) is 5.88 Å². The Morgan fingerprint density at radius 3 is 2.71 bits per heavy atom. The van der Waals surface area contributed by atoms with Crippen molar-refractivity contribution >= 4 is 45.0 Å². The molecule has 0 spiro atoms. The second-order valence-corrected chi connectivity index (χ2v) is 9.03. The first-order valence-electron chi connectivity index (χ1n) is 10.6. The Kier molecular flexibility index (Phi) is 6.75. The van der Waals surface area contributed by atoms with Gasteiger partial charge in [-0.2, -0.15) is 0 Å². The lowest BCUT2D eigenvalue weighted by Crippen LogP contribution is -2.50. The molecule has 1 aliphatic heterocycles. The molecule has 11 heteroatoms. The number of anilines is 1. The molecule has 3 amide bonds. The van der Waals surface area contributed by atoms with Gasteiger partial charge < -0.3 is 25.4 Å². The highest BCUT2D eigenvalue weighted by Crippen LogP contribution is 2.36. The number of rotatable bonds is 5. The zero-order valence-corrected chi connectivity index (χ0v) is 19.8. The zero-order chi connectivity index (χ0) is 24.4. The minimum Gasteiger partial charge on any atom is -0.480 e. The van der Waals surface area contributed by atoms with Crippen LogP contribution in [0.4, 0.5) is 5.69 Å². The van der Waals surface area contributed by atoms with E-state index in [0.717, 1.165) is 15.8 Å². The Balaban J connectivity index is 1.60. The van der Waals surface area contributed by atoms with E-state index in [1.54, 1.807) is 17.5 Å². The van der Waals surface area contributed by atoms with Crippen molar-refractivity contribution in [3.05, 3.63) is 47.1 Å². The second kappa shape index (κ2) is 9.74. The largest absolute Gasteiger partial charge is 0.480 e. The van der Waals surface area contributed by atoms with Gasteiger partial charge in [-0.05, 0) is 30.2 Å². The molecule has 3 atom stereocenters. The summed E-state index contributed by atoms with van der Waals surface area (Å²) in [6.07, 6.45) is 1.78.